The quantitative estimate of drug-likeness (QED) is 0.638. The van der Waals surface area contributed by atoms with Gasteiger partial charge in [0.2, 0.25) is 0 Å². The summed E-state index contributed by atoms with van der Waals surface area (Å²) in [4.78, 5) is 0. The van der Waals surface area contributed by atoms with Crippen LogP contribution in [0.15, 0.2) is 0 Å². The first kappa shape index (κ1) is 12.9. The molecule has 0 aromatic carbocycles. The summed E-state index contributed by atoms with van der Waals surface area (Å²) in [5.41, 5.74) is 0. The van der Waals surface area contributed by atoms with Gasteiger partial charge in [0.05, 0.1) is 5.75 Å². The molecule has 0 saturated heterocycles. The highest BCUT2D eigenvalue weighted by Gasteiger charge is 2.06. The molecule has 0 radical (unpaired) electrons. The Morgan fingerprint density at radius 2 is 1.92 bits per heavy atom. The van der Waals surface area contributed by atoms with Gasteiger partial charge in [-0.25, -0.2) is 8.42 Å². The Labute approximate surface area is 81.8 Å². The Hall–Kier alpha value is -0.0900. The second-order valence-corrected chi connectivity index (χ2v) is 5.83. The summed E-state index contributed by atoms with van der Waals surface area (Å²) in [6.07, 6.45) is 1.81. The van der Waals surface area contributed by atoms with Crippen LogP contribution in [0.3, 0.4) is 0 Å². The van der Waals surface area contributed by atoms with Crippen molar-refractivity contribution in [2.45, 2.75) is 39.7 Å². The highest BCUT2D eigenvalue weighted by molar-refractivity contribution is 7.91. The number of hydrogen-bond acceptors (Lipinski definition) is 3. The van der Waals surface area contributed by atoms with Gasteiger partial charge in [-0.05, 0) is 26.3 Å². The van der Waals surface area contributed by atoms with Crippen LogP contribution in [-0.2, 0) is 9.84 Å². The normalized spacial score (nSPS) is 14.4. The third-order valence-corrected chi connectivity index (χ3v) is 3.97. The van der Waals surface area contributed by atoms with Gasteiger partial charge in [-0.3, -0.25) is 0 Å². The Bertz CT molecular complexity index is 212. The van der Waals surface area contributed by atoms with E-state index in [0.717, 1.165) is 19.4 Å². The van der Waals surface area contributed by atoms with Crippen LogP contribution in [-0.4, -0.2) is 32.5 Å². The van der Waals surface area contributed by atoms with E-state index in [2.05, 4.69) is 19.2 Å². The summed E-state index contributed by atoms with van der Waals surface area (Å²) in [6.45, 7) is 6.71. The second kappa shape index (κ2) is 6.38. The molecule has 0 fully saturated rings. The first-order valence-corrected chi connectivity index (χ1v) is 6.77. The number of nitrogens with one attached hydrogen (secondary N) is 1. The van der Waals surface area contributed by atoms with Crippen molar-refractivity contribution in [3.63, 3.8) is 0 Å². The van der Waals surface area contributed by atoms with Crippen molar-refractivity contribution in [2.75, 3.05) is 18.1 Å². The van der Waals surface area contributed by atoms with Crippen LogP contribution >= 0.6 is 0 Å². The predicted molar refractivity (Wildman–Crippen MR) is 56.7 cm³/mol. The van der Waals surface area contributed by atoms with E-state index in [0.29, 0.717) is 11.8 Å². The molecule has 0 spiro atoms. The van der Waals surface area contributed by atoms with Crippen LogP contribution < -0.4 is 5.32 Å². The molecule has 1 atom stereocenters. The summed E-state index contributed by atoms with van der Waals surface area (Å²) < 4.78 is 22.2. The molecule has 0 bridgehead atoms. The molecule has 0 aliphatic carbocycles. The average molecular weight is 207 g/mol. The van der Waals surface area contributed by atoms with Crippen molar-refractivity contribution >= 4 is 9.84 Å². The molecular formula is C9H21NO2S. The summed E-state index contributed by atoms with van der Waals surface area (Å²) in [5.74, 6) is 0.573. The van der Waals surface area contributed by atoms with Crippen LogP contribution in [0.25, 0.3) is 0 Å². The maximum absolute atomic E-state index is 11.1. The van der Waals surface area contributed by atoms with E-state index in [1.165, 1.54) is 0 Å². The average Bonchev–Trinajstić information content (AvgIpc) is 2.12. The number of hydrogen-bond donors (Lipinski definition) is 1. The molecule has 4 heteroatoms. The zero-order valence-electron chi connectivity index (χ0n) is 8.84. The third kappa shape index (κ3) is 7.02. The van der Waals surface area contributed by atoms with Crippen molar-refractivity contribution in [3.8, 4) is 0 Å². The van der Waals surface area contributed by atoms with E-state index < -0.39 is 9.84 Å². The van der Waals surface area contributed by atoms with Gasteiger partial charge in [-0.15, -0.1) is 0 Å². The first-order valence-electron chi connectivity index (χ1n) is 4.95. The van der Waals surface area contributed by atoms with Gasteiger partial charge >= 0.3 is 0 Å². The Balaban J connectivity index is 3.47. The van der Waals surface area contributed by atoms with Crippen LogP contribution in [0.5, 0.6) is 0 Å². The molecule has 0 aliphatic rings. The van der Waals surface area contributed by atoms with Crippen LogP contribution in [0, 0.1) is 0 Å². The molecule has 3 nitrogen and oxygen atoms in total. The van der Waals surface area contributed by atoms with Gasteiger partial charge in [0.25, 0.3) is 0 Å². The minimum atomic E-state index is -2.76. The van der Waals surface area contributed by atoms with E-state index in [4.69, 9.17) is 0 Å². The first-order chi connectivity index (χ1) is 6.02. The molecule has 0 heterocycles. The fourth-order valence-electron chi connectivity index (χ4n) is 0.929. The summed E-state index contributed by atoms with van der Waals surface area (Å²) >= 11 is 0. The Kier molecular flexibility index (Phi) is 6.33. The largest absolute Gasteiger partial charge is 0.314 e. The van der Waals surface area contributed by atoms with Crippen molar-refractivity contribution in [2.24, 2.45) is 0 Å². The van der Waals surface area contributed by atoms with Crippen LogP contribution in [0.4, 0.5) is 0 Å². The maximum Gasteiger partial charge on any atom is 0.150 e. The molecule has 0 rings (SSSR count). The molecule has 0 amide bonds. The van der Waals surface area contributed by atoms with E-state index in [1.807, 2.05) is 0 Å². The molecular weight excluding hydrogens is 186 g/mol. The summed E-state index contributed by atoms with van der Waals surface area (Å²) in [5, 5.41) is 3.26. The molecule has 80 valence electrons. The van der Waals surface area contributed by atoms with Gasteiger partial charge in [0.1, 0.15) is 9.84 Å². The van der Waals surface area contributed by atoms with Gasteiger partial charge in [0.15, 0.2) is 0 Å². The fraction of sp³-hybridized carbons (Fsp3) is 1.00. The Morgan fingerprint density at radius 1 is 1.31 bits per heavy atom. The van der Waals surface area contributed by atoms with E-state index in [9.17, 15) is 8.42 Å². The monoisotopic (exact) mass is 207 g/mol. The zero-order valence-corrected chi connectivity index (χ0v) is 9.65. The molecule has 13 heavy (non-hydrogen) atoms. The minimum absolute atomic E-state index is 0.260. The SMILES string of the molecule is CCC(C)NCCCS(=O)(=O)CC. The van der Waals surface area contributed by atoms with E-state index >= 15 is 0 Å². The summed E-state index contributed by atoms with van der Waals surface area (Å²) in [6, 6.07) is 0.490. The predicted octanol–water partition coefficient (Wildman–Crippen LogP) is 1.20. The molecule has 1 unspecified atom stereocenters. The molecule has 0 aromatic rings. The Morgan fingerprint density at radius 3 is 2.38 bits per heavy atom. The zero-order chi connectivity index (χ0) is 10.3. The van der Waals surface area contributed by atoms with Crippen LogP contribution in [0.1, 0.15) is 33.6 Å². The lowest BCUT2D eigenvalue weighted by atomic mass is 10.2. The standard InChI is InChI=1S/C9H21NO2S/c1-4-9(3)10-7-6-8-13(11,12)5-2/h9-10H,4-8H2,1-3H3. The van der Waals surface area contributed by atoms with Crippen molar-refractivity contribution < 1.29 is 8.42 Å². The third-order valence-electron chi connectivity index (χ3n) is 2.18. The van der Waals surface area contributed by atoms with Crippen molar-refractivity contribution in [3.05, 3.63) is 0 Å². The minimum Gasteiger partial charge on any atom is -0.314 e. The van der Waals surface area contributed by atoms with Gasteiger partial charge in [-0.1, -0.05) is 13.8 Å². The second-order valence-electron chi connectivity index (χ2n) is 3.35. The molecule has 1 N–H and O–H groups in total. The smallest absolute Gasteiger partial charge is 0.150 e. The van der Waals surface area contributed by atoms with E-state index in [-0.39, 0.29) is 5.75 Å². The highest BCUT2D eigenvalue weighted by Crippen LogP contribution is 1.93. The van der Waals surface area contributed by atoms with Crippen LogP contribution in [0.2, 0.25) is 0 Å². The molecule has 0 aliphatic heterocycles. The molecule has 0 aromatic heterocycles. The topological polar surface area (TPSA) is 46.2 Å². The fourth-order valence-corrected chi connectivity index (χ4v) is 1.80. The summed E-state index contributed by atoms with van der Waals surface area (Å²) in [7, 11) is -2.76. The highest BCUT2D eigenvalue weighted by atomic mass is 32.2. The lowest BCUT2D eigenvalue weighted by Crippen LogP contribution is -2.27. The molecule has 0 saturated carbocycles. The lowest BCUT2D eigenvalue weighted by Gasteiger charge is -2.10. The van der Waals surface area contributed by atoms with Gasteiger partial charge in [-0.2, -0.15) is 0 Å². The number of rotatable bonds is 7. The number of sulfone groups is 1. The van der Waals surface area contributed by atoms with Crippen molar-refractivity contribution in [1.29, 1.82) is 0 Å². The van der Waals surface area contributed by atoms with Gasteiger partial charge in [0, 0.05) is 11.8 Å². The lowest BCUT2D eigenvalue weighted by molar-refractivity contribution is 0.529. The van der Waals surface area contributed by atoms with E-state index in [1.54, 1.807) is 6.92 Å². The maximum atomic E-state index is 11.1. The van der Waals surface area contributed by atoms with Gasteiger partial charge < -0.3 is 5.32 Å². The van der Waals surface area contributed by atoms with Crippen molar-refractivity contribution in [1.82, 2.24) is 5.32 Å².